The van der Waals surface area contributed by atoms with E-state index in [-0.39, 0.29) is 11.9 Å². The zero-order valence-corrected chi connectivity index (χ0v) is 18.8. The Hall–Kier alpha value is -3.31. The van der Waals surface area contributed by atoms with Crippen molar-refractivity contribution in [1.82, 2.24) is 14.9 Å². The molecule has 1 amide bonds. The zero-order chi connectivity index (χ0) is 22.3. The maximum Gasteiger partial charge on any atom is 0.220 e. The van der Waals surface area contributed by atoms with Gasteiger partial charge in [-0.05, 0) is 55.3 Å². The van der Waals surface area contributed by atoms with Crippen LogP contribution in [0.3, 0.4) is 0 Å². The van der Waals surface area contributed by atoms with Crippen LogP contribution in [0.25, 0.3) is 11.0 Å². The molecule has 6 heteroatoms. The van der Waals surface area contributed by atoms with Crippen LogP contribution in [0, 0.1) is 0 Å². The van der Waals surface area contributed by atoms with E-state index in [4.69, 9.17) is 21.3 Å². The number of halogens is 1. The predicted octanol–water partition coefficient (Wildman–Crippen LogP) is 5.58. The summed E-state index contributed by atoms with van der Waals surface area (Å²) in [5, 5.41) is 3.78. The molecular formula is C26H26ClN3O2. The highest BCUT2D eigenvalue weighted by Crippen LogP contribution is 2.22. The maximum atomic E-state index is 12.6. The summed E-state index contributed by atoms with van der Waals surface area (Å²) >= 11 is 5.94. The highest BCUT2D eigenvalue weighted by molar-refractivity contribution is 6.30. The van der Waals surface area contributed by atoms with Crippen LogP contribution in [-0.2, 0) is 17.8 Å². The Morgan fingerprint density at radius 3 is 2.53 bits per heavy atom. The van der Waals surface area contributed by atoms with Crippen molar-refractivity contribution >= 4 is 28.5 Å². The Kier molecular flexibility index (Phi) is 7.07. The Morgan fingerprint density at radius 2 is 1.75 bits per heavy atom. The number of amides is 1. The third-order valence-electron chi connectivity index (χ3n) is 5.33. The molecule has 0 bridgehead atoms. The number of carbonyl (C=O) groups is 1. The number of ether oxygens (including phenoxy) is 1. The van der Waals surface area contributed by atoms with E-state index in [9.17, 15) is 4.79 Å². The van der Waals surface area contributed by atoms with E-state index in [1.165, 1.54) is 0 Å². The third-order valence-corrected chi connectivity index (χ3v) is 5.58. The lowest BCUT2D eigenvalue weighted by molar-refractivity contribution is -0.121. The van der Waals surface area contributed by atoms with Gasteiger partial charge in [-0.1, -0.05) is 54.1 Å². The van der Waals surface area contributed by atoms with Gasteiger partial charge in [-0.15, -0.1) is 0 Å². The van der Waals surface area contributed by atoms with Crippen molar-refractivity contribution in [2.24, 2.45) is 0 Å². The van der Waals surface area contributed by atoms with Gasteiger partial charge < -0.3 is 14.6 Å². The number of imidazole rings is 1. The van der Waals surface area contributed by atoms with Gasteiger partial charge in [0.1, 0.15) is 18.2 Å². The van der Waals surface area contributed by atoms with Crippen molar-refractivity contribution in [2.45, 2.75) is 32.4 Å². The van der Waals surface area contributed by atoms with Crippen molar-refractivity contribution in [3.63, 3.8) is 0 Å². The Labute approximate surface area is 193 Å². The first-order chi connectivity index (χ1) is 15.6. The smallest absolute Gasteiger partial charge is 0.220 e. The number of benzene rings is 3. The number of nitrogens with zero attached hydrogens (tertiary/aromatic N) is 2. The van der Waals surface area contributed by atoms with Crippen LogP contribution in [0.5, 0.6) is 5.75 Å². The van der Waals surface area contributed by atoms with Crippen molar-refractivity contribution in [3.8, 4) is 5.75 Å². The molecule has 4 rings (SSSR count). The molecule has 1 unspecified atom stereocenters. The van der Waals surface area contributed by atoms with Crippen LogP contribution >= 0.6 is 11.6 Å². The molecule has 1 N–H and O–H groups in total. The molecule has 0 spiro atoms. The standard InChI is InChI=1S/C26H26ClN3O2/c1-19(28-25(31)16-11-20-7-3-2-4-8-20)26-29-23-9-5-6-10-24(23)30(26)17-18-32-22-14-12-21(27)13-15-22/h2-10,12-15,19H,11,16-18H2,1H3,(H,28,31). The molecule has 1 atom stereocenters. The maximum absolute atomic E-state index is 12.6. The summed E-state index contributed by atoms with van der Waals surface area (Å²) in [6.07, 6.45) is 1.15. The fourth-order valence-electron chi connectivity index (χ4n) is 3.73. The second-order valence-corrected chi connectivity index (χ2v) is 8.12. The van der Waals surface area contributed by atoms with E-state index in [2.05, 4.69) is 9.88 Å². The lowest BCUT2D eigenvalue weighted by atomic mass is 10.1. The molecule has 32 heavy (non-hydrogen) atoms. The molecule has 1 aromatic heterocycles. The first-order valence-corrected chi connectivity index (χ1v) is 11.1. The van der Waals surface area contributed by atoms with Gasteiger partial charge in [0, 0.05) is 11.4 Å². The quantitative estimate of drug-likeness (QED) is 0.364. The fourth-order valence-corrected chi connectivity index (χ4v) is 3.85. The van der Waals surface area contributed by atoms with Gasteiger partial charge in [-0.25, -0.2) is 4.98 Å². The Bertz CT molecular complexity index is 1170. The van der Waals surface area contributed by atoms with Crippen molar-refractivity contribution < 1.29 is 9.53 Å². The minimum atomic E-state index is -0.221. The molecule has 0 aliphatic rings. The molecule has 0 aliphatic heterocycles. The second-order valence-electron chi connectivity index (χ2n) is 7.69. The third kappa shape index (κ3) is 5.48. The monoisotopic (exact) mass is 447 g/mol. The Morgan fingerprint density at radius 1 is 1.03 bits per heavy atom. The largest absolute Gasteiger partial charge is 0.492 e. The molecule has 5 nitrogen and oxygen atoms in total. The van der Waals surface area contributed by atoms with Gasteiger partial charge in [0.2, 0.25) is 5.91 Å². The van der Waals surface area contributed by atoms with Crippen LogP contribution < -0.4 is 10.1 Å². The lowest BCUT2D eigenvalue weighted by Gasteiger charge is -2.17. The summed E-state index contributed by atoms with van der Waals surface area (Å²) in [7, 11) is 0. The first-order valence-electron chi connectivity index (χ1n) is 10.8. The molecule has 1 heterocycles. The van der Waals surface area contributed by atoms with Gasteiger partial charge >= 0.3 is 0 Å². The number of aromatic nitrogens is 2. The number of fused-ring (bicyclic) bond motifs is 1. The van der Waals surface area contributed by atoms with E-state index in [0.29, 0.717) is 31.0 Å². The van der Waals surface area contributed by atoms with Gasteiger partial charge in [0.15, 0.2) is 0 Å². The van der Waals surface area contributed by atoms with E-state index in [1.54, 1.807) is 0 Å². The van der Waals surface area contributed by atoms with E-state index >= 15 is 0 Å². The van der Waals surface area contributed by atoms with E-state index < -0.39 is 0 Å². The summed E-state index contributed by atoms with van der Waals surface area (Å²) in [5.41, 5.74) is 3.08. The predicted molar refractivity (Wildman–Crippen MR) is 128 cm³/mol. The van der Waals surface area contributed by atoms with Crippen LogP contribution in [0.15, 0.2) is 78.9 Å². The Balaban J connectivity index is 1.43. The molecule has 0 radical (unpaired) electrons. The van der Waals surface area contributed by atoms with Crippen LogP contribution in [0.2, 0.25) is 5.02 Å². The average Bonchev–Trinajstić information content (AvgIpc) is 3.18. The SMILES string of the molecule is CC(NC(=O)CCc1ccccc1)c1nc2ccccc2n1CCOc1ccc(Cl)cc1. The number of carbonyl (C=O) groups excluding carboxylic acids is 1. The minimum Gasteiger partial charge on any atom is -0.492 e. The molecule has 0 aliphatic carbocycles. The molecule has 0 fully saturated rings. The van der Waals surface area contributed by atoms with Gasteiger partial charge in [0.25, 0.3) is 0 Å². The van der Waals surface area contributed by atoms with Gasteiger partial charge in [-0.3, -0.25) is 4.79 Å². The topological polar surface area (TPSA) is 56.2 Å². The second kappa shape index (κ2) is 10.3. The number of hydrogen-bond donors (Lipinski definition) is 1. The van der Waals surface area contributed by atoms with E-state index in [0.717, 1.165) is 28.2 Å². The molecular weight excluding hydrogens is 422 g/mol. The van der Waals surface area contributed by atoms with Crippen molar-refractivity contribution in [1.29, 1.82) is 0 Å². The number of para-hydroxylation sites is 2. The summed E-state index contributed by atoms with van der Waals surface area (Å²) < 4.78 is 8.01. The zero-order valence-electron chi connectivity index (χ0n) is 18.0. The normalized spacial score (nSPS) is 11.9. The number of aryl methyl sites for hydroxylation is 1. The highest BCUT2D eigenvalue weighted by atomic mass is 35.5. The molecule has 4 aromatic rings. The molecule has 164 valence electrons. The molecule has 0 saturated carbocycles. The van der Waals surface area contributed by atoms with E-state index in [1.807, 2.05) is 85.8 Å². The molecule has 0 saturated heterocycles. The number of nitrogens with one attached hydrogen (secondary N) is 1. The van der Waals surface area contributed by atoms with Gasteiger partial charge in [0.05, 0.1) is 23.6 Å². The number of rotatable bonds is 9. The summed E-state index contributed by atoms with van der Waals surface area (Å²) in [4.78, 5) is 17.4. The van der Waals surface area contributed by atoms with Gasteiger partial charge in [-0.2, -0.15) is 0 Å². The summed E-state index contributed by atoms with van der Waals surface area (Å²) in [6, 6.07) is 25.1. The lowest BCUT2D eigenvalue weighted by Crippen LogP contribution is -2.29. The summed E-state index contributed by atoms with van der Waals surface area (Å²) in [5.74, 6) is 1.60. The van der Waals surface area contributed by atoms with Crippen LogP contribution in [0.4, 0.5) is 0 Å². The minimum absolute atomic E-state index is 0.0115. The summed E-state index contributed by atoms with van der Waals surface area (Å²) in [6.45, 7) is 3.06. The van der Waals surface area contributed by atoms with Crippen molar-refractivity contribution in [3.05, 3.63) is 95.3 Å². The van der Waals surface area contributed by atoms with Crippen LogP contribution in [0.1, 0.15) is 30.8 Å². The average molecular weight is 448 g/mol. The molecule has 3 aromatic carbocycles. The first kappa shape index (κ1) is 21.9. The number of hydrogen-bond acceptors (Lipinski definition) is 3. The van der Waals surface area contributed by atoms with Crippen LogP contribution in [-0.4, -0.2) is 22.1 Å². The van der Waals surface area contributed by atoms with Crippen molar-refractivity contribution in [2.75, 3.05) is 6.61 Å². The highest BCUT2D eigenvalue weighted by Gasteiger charge is 2.18. The fraction of sp³-hybridized carbons (Fsp3) is 0.231.